The Labute approximate surface area is 184 Å². The Morgan fingerprint density at radius 2 is 1.47 bits per heavy atom. The summed E-state index contributed by atoms with van der Waals surface area (Å²) in [6, 6.07) is 17.1. The number of ketones is 2. The molecule has 3 aromatic carbocycles. The summed E-state index contributed by atoms with van der Waals surface area (Å²) < 4.78 is 0. The Kier molecular flexibility index (Phi) is 4.78. The van der Waals surface area contributed by atoms with Crippen LogP contribution in [0.1, 0.15) is 66.5 Å². The molecular weight excluding hydrogens is 406 g/mol. The predicted octanol–water partition coefficient (Wildman–Crippen LogP) is 3.89. The van der Waals surface area contributed by atoms with Crippen molar-refractivity contribution in [2.75, 3.05) is 13.1 Å². The molecule has 0 unspecified atom stereocenters. The molecule has 160 valence electrons. The highest BCUT2D eigenvalue weighted by Gasteiger charge is 2.35. The number of aromatic hydroxyl groups is 2. The average molecular weight is 427 g/mol. The number of nitrogens with zero attached hydrogens (tertiary/aromatic N) is 1. The average Bonchev–Trinajstić information content (AvgIpc) is 2.82. The molecule has 0 saturated carbocycles. The van der Waals surface area contributed by atoms with Crippen LogP contribution in [0.2, 0.25) is 0 Å². The molecule has 2 aliphatic rings. The molecule has 1 aliphatic heterocycles. The van der Waals surface area contributed by atoms with E-state index in [9.17, 15) is 24.6 Å². The van der Waals surface area contributed by atoms with Gasteiger partial charge >= 0.3 is 0 Å². The lowest BCUT2D eigenvalue weighted by molar-refractivity contribution is 0.0712. The maximum atomic E-state index is 13.1. The summed E-state index contributed by atoms with van der Waals surface area (Å²) in [4.78, 5) is 40.8. The van der Waals surface area contributed by atoms with Crippen molar-refractivity contribution in [2.24, 2.45) is 0 Å². The Balaban J connectivity index is 1.42. The number of phenols is 2. The lowest BCUT2D eigenvalue weighted by atomic mass is 9.82. The number of rotatable bonds is 2. The zero-order chi connectivity index (χ0) is 22.4. The molecule has 0 spiro atoms. The van der Waals surface area contributed by atoms with Crippen LogP contribution < -0.4 is 0 Å². The van der Waals surface area contributed by atoms with E-state index in [4.69, 9.17) is 0 Å². The van der Waals surface area contributed by atoms with Gasteiger partial charge in [-0.2, -0.15) is 0 Å². The van der Waals surface area contributed by atoms with Crippen molar-refractivity contribution < 1.29 is 24.6 Å². The molecule has 3 aromatic rings. The molecule has 0 radical (unpaired) electrons. The van der Waals surface area contributed by atoms with E-state index in [1.54, 1.807) is 4.90 Å². The second-order valence-electron chi connectivity index (χ2n) is 8.25. The number of phenolic OH excluding ortho intramolecular Hbond substituents is 2. The third-order valence-electron chi connectivity index (χ3n) is 6.40. The second-order valence-corrected chi connectivity index (χ2v) is 8.25. The Morgan fingerprint density at radius 1 is 0.781 bits per heavy atom. The van der Waals surface area contributed by atoms with Gasteiger partial charge in [0, 0.05) is 29.8 Å². The number of carbonyl (C=O) groups excluding carboxylic acids is 3. The van der Waals surface area contributed by atoms with Gasteiger partial charge in [0.2, 0.25) is 5.78 Å². The van der Waals surface area contributed by atoms with E-state index in [1.807, 2.05) is 18.2 Å². The molecule has 1 aliphatic carbocycles. The fourth-order valence-electron chi connectivity index (χ4n) is 4.73. The van der Waals surface area contributed by atoms with E-state index in [2.05, 4.69) is 12.1 Å². The van der Waals surface area contributed by atoms with Crippen LogP contribution in [-0.2, 0) is 0 Å². The van der Waals surface area contributed by atoms with Crippen LogP contribution in [0.4, 0.5) is 0 Å². The minimum Gasteiger partial charge on any atom is -0.507 e. The summed E-state index contributed by atoms with van der Waals surface area (Å²) in [5, 5.41) is 20.6. The number of piperidine rings is 1. The highest BCUT2D eigenvalue weighted by molar-refractivity contribution is 6.30. The molecule has 0 bridgehead atoms. The predicted molar refractivity (Wildman–Crippen MR) is 117 cm³/mol. The van der Waals surface area contributed by atoms with Gasteiger partial charge in [-0.15, -0.1) is 0 Å². The van der Waals surface area contributed by atoms with Gasteiger partial charge in [0.25, 0.3) is 5.91 Å². The topological polar surface area (TPSA) is 94.9 Å². The van der Waals surface area contributed by atoms with Gasteiger partial charge in [-0.05, 0) is 42.5 Å². The van der Waals surface area contributed by atoms with Gasteiger partial charge < -0.3 is 15.1 Å². The maximum Gasteiger partial charge on any atom is 0.254 e. The van der Waals surface area contributed by atoms with Crippen LogP contribution in [0.25, 0.3) is 0 Å². The first-order chi connectivity index (χ1) is 15.5. The minimum atomic E-state index is -0.632. The molecule has 32 heavy (non-hydrogen) atoms. The third-order valence-corrected chi connectivity index (χ3v) is 6.40. The van der Waals surface area contributed by atoms with E-state index < -0.39 is 17.3 Å². The summed E-state index contributed by atoms with van der Waals surface area (Å²) in [5.41, 5.74) is 1.18. The van der Waals surface area contributed by atoms with E-state index in [1.165, 1.54) is 35.9 Å². The minimum absolute atomic E-state index is 0.0179. The number of benzene rings is 3. The monoisotopic (exact) mass is 427 g/mol. The van der Waals surface area contributed by atoms with Crippen molar-refractivity contribution in [2.45, 2.75) is 18.8 Å². The molecule has 6 nitrogen and oxygen atoms in total. The van der Waals surface area contributed by atoms with Crippen LogP contribution in [0.15, 0.2) is 60.7 Å². The molecule has 0 aromatic heterocycles. The Hall–Kier alpha value is -3.93. The fourth-order valence-corrected chi connectivity index (χ4v) is 4.73. The SMILES string of the molecule is O=C1c2cccc(O)c2C(=O)c2c(O)cc(C(=O)N3CCC(c4ccccc4)CC3)cc21. The first-order valence-electron chi connectivity index (χ1n) is 10.6. The van der Waals surface area contributed by atoms with Crippen molar-refractivity contribution in [3.8, 4) is 11.5 Å². The molecule has 1 heterocycles. The van der Waals surface area contributed by atoms with Crippen LogP contribution in [-0.4, -0.2) is 45.7 Å². The van der Waals surface area contributed by atoms with Gasteiger partial charge in [0.1, 0.15) is 11.5 Å². The zero-order valence-electron chi connectivity index (χ0n) is 17.2. The molecule has 5 rings (SSSR count). The highest BCUT2D eigenvalue weighted by Crippen LogP contribution is 2.37. The maximum absolute atomic E-state index is 13.1. The summed E-state index contributed by atoms with van der Waals surface area (Å²) >= 11 is 0. The third kappa shape index (κ3) is 3.15. The molecule has 1 amide bonds. The van der Waals surface area contributed by atoms with Gasteiger partial charge in [0.05, 0.1) is 11.1 Å². The largest absolute Gasteiger partial charge is 0.507 e. The van der Waals surface area contributed by atoms with Gasteiger partial charge in [0.15, 0.2) is 5.78 Å². The van der Waals surface area contributed by atoms with E-state index in [0.717, 1.165) is 12.8 Å². The van der Waals surface area contributed by atoms with Crippen molar-refractivity contribution in [1.29, 1.82) is 0 Å². The number of carbonyl (C=O) groups is 3. The molecule has 6 heteroatoms. The van der Waals surface area contributed by atoms with Crippen molar-refractivity contribution in [3.05, 3.63) is 94.0 Å². The molecule has 1 fully saturated rings. The summed E-state index contributed by atoms with van der Waals surface area (Å²) in [5.74, 6) is -1.77. The van der Waals surface area contributed by atoms with Gasteiger partial charge in [-0.3, -0.25) is 14.4 Å². The zero-order valence-corrected chi connectivity index (χ0v) is 17.2. The molecule has 2 N–H and O–H groups in total. The van der Waals surface area contributed by atoms with Crippen LogP contribution in [0, 0.1) is 0 Å². The van der Waals surface area contributed by atoms with Crippen molar-refractivity contribution >= 4 is 17.5 Å². The number of hydrogen-bond donors (Lipinski definition) is 2. The standard InChI is InChI=1S/C26H21NO5/c28-20-8-4-7-18-22(20)25(31)23-19(24(18)30)13-17(14-21(23)29)26(32)27-11-9-16(10-12-27)15-5-2-1-3-6-15/h1-8,13-14,16,28-29H,9-12H2. The summed E-state index contributed by atoms with van der Waals surface area (Å²) in [6.07, 6.45) is 1.66. The van der Waals surface area contributed by atoms with Crippen molar-refractivity contribution in [1.82, 2.24) is 4.90 Å². The Bertz CT molecular complexity index is 1260. The smallest absolute Gasteiger partial charge is 0.254 e. The molecule has 0 atom stereocenters. The van der Waals surface area contributed by atoms with Gasteiger partial charge in [-0.1, -0.05) is 42.5 Å². The van der Waals surface area contributed by atoms with Gasteiger partial charge in [-0.25, -0.2) is 0 Å². The van der Waals surface area contributed by atoms with E-state index in [0.29, 0.717) is 19.0 Å². The van der Waals surface area contributed by atoms with Crippen LogP contribution in [0.5, 0.6) is 11.5 Å². The lowest BCUT2D eigenvalue weighted by Gasteiger charge is -2.32. The van der Waals surface area contributed by atoms with Crippen LogP contribution >= 0.6 is 0 Å². The normalized spacial score (nSPS) is 15.9. The number of hydrogen-bond acceptors (Lipinski definition) is 5. The van der Waals surface area contributed by atoms with E-state index >= 15 is 0 Å². The van der Waals surface area contributed by atoms with Crippen LogP contribution in [0.3, 0.4) is 0 Å². The first kappa shape index (κ1) is 20.0. The molecular formula is C26H21NO5. The number of amides is 1. The van der Waals surface area contributed by atoms with E-state index in [-0.39, 0.29) is 39.5 Å². The summed E-state index contributed by atoms with van der Waals surface area (Å²) in [6.45, 7) is 1.14. The number of likely N-dealkylation sites (tertiary alicyclic amines) is 1. The lowest BCUT2D eigenvalue weighted by Crippen LogP contribution is -2.38. The first-order valence-corrected chi connectivity index (χ1v) is 10.6. The summed E-state index contributed by atoms with van der Waals surface area (Å²) in [7, 11) is 0. The highest BCUT2D eigenvalue weighted by atomic mass is 16.3. The quantitative estimate of drug-likeness (QED) is 0.506. The fraction of sp³-hybridized carbons (Fsp3) is 0.192. The second kappa shape index (κ2) is 7.64. The molecule has 1 saturated heterocycles. The van der Waals surface area contributed by atoms with Crippen molar-refractivity contribution in [3.63, 3.8) is 0 Å². The Morgan fingerprint density at radius 3 is 2.19 bits per heavy atom. The number of fused-ring (bicyclic) bond motifs is 2.